The van der Waals surface area contributed by atoms with E-state index in [0.29, 0.717) is 8.58 Å². The molecule has 2 rings (SSSR count). The van der Waals surface area contributed by atoms with Crippen LogP contribution in [0.2, 0.25) is 0 Å². The van der Waals surface area contributed by atoms with Crippen molar-refractivity contribution in [2.24, 2.45) is 0 Å². The smallest absolute Gasteiger partial charge is 0.286 e. The Bertz CT molecular complexity index is 446. The Labute approximate surface area is 100 Å². The predicted molar refractivity (Wildman–Crippen MR) is 68.7 cm³/mol. The maximum absolute atomic E-state index is 11.6. The van der Waals surface area contributed by atoms with Gasteiger partial charge in [-0.25, -0.2) is 0 Å². The number of rotatable bonds is 2. The summed E-state index contributed by atoms with van der Waals surface area (Å²) in [6, 6.07) is 8.06. The van der Waals surface area contributed by atoms with Crippen molar-refractivity contribution in [3.63, 3.8) is 0 Å². The van der Waals surface area contributed by atoms with Gasteiger partial charge in [-0.1, -0.05) is 38.4 Å². The molecule has 0 spiro atoms. The average molecular weight is 253 g/mol. The first kappa shape index (κ1) is 11.6. The number of amides is 2. The predicted octanol–water partition coefficient (Wildman–Crippen LogP) is 2.00. The lowest BCUT2D eigenvalue weighted by molar-refractivity contribution is -0.119. The molecule has 1 heterocycles. The lowest BCUT2D eigenvalue weighted by Gasteiger charge is -2.18. The number of nitrogens with one attached hydrogen (secondary N) is 1. The van der Waals surface area contributed by atoms with Crippen molar-refractivity contribution in [3.05, 3.63) is 29.8 Å². The number of benzene rings is 1. The Morgan fingerprint density at radius 1 is 1.25 bits per heavy atom. The van der Waals surface area contributed by atoms with Crippen LogP contribution in [-0.4, -0.2) is 15.6 Å². The van der Waals surface area contributed by atoms with Gasteiger partial charge in [0.2, 0.25) is 5.91 Å². The zero-order valence-corrected chi connectivity index (χ0v) is 10.9. The molecule has 1 fully saturated rings. The van der Waals surface area contributed by atoms with Crippen LogP contribution in [0.3, 0.4) is 0 Å². The highest BCUT2D eigenvalue weighted by molar-refractivity contribution is 8.19. The van der Waals surface area contributed by atoms with Gasteiger partial charge < -0.3 is 0 Å². The first-order chi connectivity index (χ1) is 7.49. The second kappa shape index (κ2) is 4.19. The van der Waals surface area contributed by atoms with Crippen LogP contribution in [0.4, 0.5) is 4.79 Å². The Balaban J connectivity index is 2.18. The molecule has 3 nitrogen and oxygen atoms in total. The van der Waals surface area contributed by atoms with Crippen LogP contribution in [0.1, 0.15) is 12.5 Å². The molecule has 16 heavy (non-hydrogen) atoms. The van der Waals surface area contributed by atoms with E-state index in [1.807, 2.05) is 38.1 Å². The van der Waals surface area contributed by atoms with E-state index in [9.17, 15) is 9.59 Å². The fourth-order valence-corrected chi connectivity index (χ4v) is 4.02. The van der Waals surface area contributed by atoms with Crippen molar-refractivity contribution in [1.29, 1.82) is 0 Å². The molecule has 2 unspecified atom stereocenters. The van der Waals surface area contributed by atoms with Gasteiger partial charge in [0.1, 0.15) is 4.49 Å². The quantitative estimate of drug-likeness (QED) is 0.820. The van der Waals surface area contributed by atoms with Gasteiger partial charge in [0.25, 0.3) is 5.24 Å². The third-order valence-corrected chi connectivity index (χ3v) is 5.20. The van der Waals surface area contributed by atoms with Crippen LogP contribution in [0.5, 0.6) is 0 Å². The molecule has 84 valence electrons. The van der Waals surface area contributed by atoms with Crippen LogP contribution in [0.25, 0.3) is 0 Å². The second-order valence-corrected chi connectivity index (χ2v) is 7.45. The van der Waals surface area contributed by atoms with Gasteiger partial charge in [0, 0.05) is 0 Å². The molecule has 0 radical (unpaired) electrons. The molecule has 0 saturated carbocycles. The Morgan fingerprint density at radius 3 is 2.38 bits per heavy atom. The average Bonchev–Trinajstić information content (AvgIpc) is 2.44. The highest BCUT2D eigenvalue weighted by Crippen LogP contribution is 2.45. The van der Waals surface area contributed by atoms with Gasteiger partial charge in [-0.15, -0.1) is 0 Å². The SMILES string of the molecule is Cc1ccc(PC2(C)SC(=O)NC2=O)cc1. The van der Waals surface area contributed by atoms with Crippen LogP contribution in [-0.2, 0) is 4.79 Å². The van der Waals surface area contributed by atoms with E-state index in [-0.39, 0.29) is 11.1 Å². The minimum absolute atomic E-state index is 0.179. The van der Waals surface area contributed by atoms with Crippen molar-refractivity contribution in [2.75, 3.05) is 0 Å². The molecule has 1 aromatic carbocycles. The second-order valence-electron chi connectivity index (χ2n) is 3.87. The lowest BCUT2D eigenvalue weighted by atomic mass is 10.2. The van der Waals surface area contributed by atoms with Gasteiger partial charge >= 0.3 is 0 Å². The highest BCUT2D eigenvalue weighted by atomic mass is 32.2. The standard InChI is InChI=1S/C11H12NO2PS/c1-7-3-5-8(6-4-7)15-11(2)9(13)12-10(14)16-11/h3-6,15H,1-2H3,(H,12,13,14). The van der Waals surface area contributed by atoms with E-state index in [1.165, 1.54) is 5.56 Å². The molecular weight excluding hydrogens is 241 g/mol. The topological polar surface area (TPSA) is 46.2 Å². The molecule has 1 aliphatic rings. The first-order valence-corrected chi connectivity index (χ1v) is 6.70. The largest absolute Gasteiger partial charge is 0.287 e. The lowest BCUT2D eigenvalue weighted by Crippen LogP contribution is -2.31. The first-order valence-electron chi connectivity index (χ1n) is 4.89. The van der Waals surface area contributed by atoms with Gasteiger partial charge in [0.05, 0.1) is 0 Å². The highest BCUT2D eigenvalue weighted by Gasteiger charge is 2.43. The van der Waals surface area contributed by atoms with Crippen molar-refractivity contribution in [3.8, 4) is 0 Å². The van der Waals surface area contributed by atoms with Crippen molar-refractivity contribution < 1.29 is 9.59 Å². The summed E-state index contributed by atoms with van der Waals surface area (Å²) in [6.07, 6.45) is 0. The number of carbonyl (C=O) groups is 2. The summed E-state index contributed by atoms with van der Waals surface area (Å²) in [5.41, 5.74) is 1.19. The molecule has 1 N–H and O–H groups in total. The molecule has 0 aromatic heterocycles. The number of imide groups is 1. The van der Waals surface area contributed by atoms with E-state index in [4.69, 9.17) is 0 Å². The number of hydrogen-bond acceptors (Lipinski definition) is 3. The summed E-state index contributed by atoms with van der Waals surface area (Å²) in [4.78, 5) is 22.8. The third kappa shape index (κ3) is 2.28. The molecule has 1 aliphatic heterocycles. The van der Waals surface area contributed by atoms with Crippen LogP contribution in [0, 0.1) is 6.92 Å². The molecule has 5 heteroatoms. The minimum Gasteiger partial charge on any atom is -0.286 e. The summed E-state index contributed by atoms with van der Waals surface area (Å²) in [5, 5.41) is 3.19. The molecule has 0 aliphatic carbocycles. The van der Waals surface area contributed by atoms with E-state index in [0.717, 1.165) is 17.1 Å². The van der Waals surface area contributed by atoms with Crippen LogP contribution < -0.4 is 10.6 Å². The summed E-state index contributed by atoms with van der Waals surface area (Å²) in [6.45, 7) is 3.84. The van der Waals surface area contributed by atoms with E-state index in [2.05, 4.69) is 5.32 Å². The summed E-state index contributed by atoms with van der Waals surface area (Å²) in [7, 11) is 0.304. The number of carbonyl (C=O) groups excluding carboxylic acids is 2. The molecule has 1 aromatic rings. The van der Waals surface area contributed by atoms with E-state index in [1.54, 1.807) is 0 Å². The Kier molecular flexibility index (Phi) is 3.04. The Hall–Kier alpha value is -0.860. The third-order valence-electron chi connectivity index (χ3n) is 2.38. The van der Waals surface area contributed by atoms with Gasteiger partial charge in [0.15, 0.2) is 0 Å². The molecular formula is C11H12NO2PS. The van der Waals surface area contributed by atoms with Crippen LogP contribution in [0.15, 0.2) is 24.3 Å². The van der Waals surface area contributed by atoms with Gasteiger partial charge in [-0.2, -0.15) is 0 Å². The monoisotopic (exact) mass is 253 g/mol. The zero-order chi connectivity index (χ0) is 11.8. The maximum atomic E-state index is 11.6. The van der Waals surface area contributed by atoms with Crippen molar-refractivity contribution in [2.45, 2.75) is 18.3 Å². The van der Waals surface area contributed by atoms with Crippen molar-refractivity contribution >= 4 is 36.8 Å². The molecule has 1 saturated heterocycles. The van der Waals surface area contributed by atoms with Gasteiger partial charge in [-0.3, -0.25) is 14.9 Å². The molecule has 0 bridgehead atoms. The number of hydrogen-bond donors (Lipinski definition) is 1. The summed E-state index contributed by atoms with van der Waals surface area (Å²) < 4.78 is -0.633. The zero-order valence-electron chi connectivity index (χ0n) is 9.03. The van der Waals surface area contributed by atoms with Crippen LogP contribution >= 0.6 is 20.3 Å². The van der Waals surface area contributed by atoms with E-state index < -0.39 is 4.49 Å². The normalized spacial score (nSPS) is 25.4. The van der Waals surface area contributed by atoms with Gasteiger partial charge in [-0.05, 0) is 30.9 Å². The fourth-order valence-electron chi connectivity index (χ4n) is 1.46. The Morgan fingerprint density at radius 2 is 1.88 bits per heavy atom. The summed E-state index contributed by atoms with van der Waals surface area (Å²) >= 11 is 1.09. The maximum Gasteiger partial charge on any atom is 0.287 e. The summed E-state index contributed by atoms with van der Waals surface area (Å²) in [5.74, 6) is -0.179. The van der Waals surface area contributed by atoms with Crippen molar-refractivity contribution in [1.82, 2.24) is 5.32 Å². The number of aryl methyl sites for hydroxylation is 1. The van der Waals surface area contributed by atoms with E-state index >= 15 is 0 Å². The molecule has 2 atom stereocenters. The number of thioether (sulfide) groups is 1. The minimum atomic E-state index is -0.633. The molecule has 2 amide bonds. The fraction of sp³-hybridized carbons (Fsp3) is 0.273.